The molecule has 2 nitrogen and oxygen atoms in total. The van der Waals surface area contributed by atoms with Crippen LogP contribution in [0.15, 0.2) is 12.1 Å². The van der Waals surface area contributed by atoms with E-state index in [2.05, 4.69) is 5.92 Å². The predicted octanol–water partition coefficient (Wildman–Crippen LogP) is 1.02. The summed E-state index contributed by atoms with van der Waals surface area (Å²) < 4.78 is 0. The average Bonchev–Trinajstić information content (AvgIpc) is 2.08. The molecule has 0 amide bonds. The number of hydrogen-bond acceptors (Lipinski definition) is 2. The van der Waals surface area contributed by atoms with Crippen molar-refractivity contribution in [2.45, 2.75) is 13.5 Å². The van der Waals surface area contributed by atoms with Crippen LogP contribution in [-0.2, 0) is 6.54 Å². The van der Waals surface area contributed by atoms with Crippen molar-refractivity contribution in [1.29, 1.82) is 0 Å². The van der Waals surface area contributed by atoms with E-state index in [1.165, 1.54) is 0 Å². The molecule has 0 unspecified atom stereocenters. The summed E-state index contributed by atoms with van der Waals surface area (Å²) in [5.74, 6) is 2.58. The number of nitrogen functional groups attached to an aromatic ring is 1. The molecule has 0 bridgehead atoms. The standard InChI is InChI=1S/C10H12N2/c1-3-8-4-10(12)5-9(6-11)7(8)2/h1,4-5H,6,11-12H2,2H3. The topological polar surface area (TPSA) is 52.0 Å². The Morgan fingerprint density at radius 1 is 1.50 bits per heavy atom. The van der Waals surface area contributed by atoms with Crippen molar-refractivity contribution in [3.63, 3.8) is 0 Å². The summed E-state index contributed by atoms with van der Waals surface area (Å²) in [4.78, 5) is 0. The second-order valence-corrected chi connectivity index (χ2v) is 2.70. The molecule has 0 spiro atoms. The van der Waals surface area contributed by atoms with Gasteiger partial charge in [-0.1, -0.05) is 5.92 Å². The SMILES string of the molecule is C#Cc1cc(N)cc(CN)c1C. The normalized spacial score (nSPS) is 9.42. The zero-order valence-corrected chi connectivity index (χ0v) is 7.09. The van der Waals surface area contributed by atoms with Crippen LogP contribution in [0.2, 0.25) is 0 Å². The van der Waals surface area contributed by atoms with Gasteiger partial charge in [-0.15, -0.1) is 6.42 Å². The molecule has 0 heterocycles. The van der Waals surface area contributed by atoms with E-state index < -0.39 is 0 Å². The molecular formula is C10H12N2. The van der Waals surface area contributed by atoms with Crippen LogP contribution in [-0.4, -0.2) is 0 Å². The average molecular weight is 160 g/mol. The molecular weight excluding hydrogens is 148 g/mol. The number of nitrogens with two attached hydrogens (primary N) is 2. The molecule has 1 rings (SSSR count). The lowest BCUT2D eigenvalue weighted by atomic mass is 10.0. The Kier molecular flexibility index (Phi) is 2.37. The van der Waals surface area contributed by atoms with Crippen molar-refractivity contribution in [3.05, 3.63) is 28.8 Å². The Morgan fingerprint density at radius 3 is 2.67 bits per heavy atom. The van der Waals surface area contributed by atoms with Crippen LogP contribution >= 0.6 is 0 Å². The maximum Gasteiger partial charge on any atom is 0.0329 e. The molecule has 0 aromatic heterocycles. The van der Waals surface area contributed by atoms with Gasteiger partial charge in [-0.3, -0.25) is 0 Å². The molecule has 0 saturated carbocycles. The Labute approximate surface area is 72.6 Å². The van der Waals surface area contributed by atoms with Gasteiger partial charge in [0.05, 0.1) is 0 Å². The van der Waals surface area contributed by atoms with E-state index in [4.69, 9.17) is 17.9 Å². The first kappa shape index (κ1) is 8.63. The molecule has 4 N–H and O–H groups in total. The predicted molar refractivity (Wildman–Crippen MR) is 51.4 cm³/mol. The summed E-state index contributed by atoms with van der Waals surface area (Å²) in [6, 6.07) is 3.64. The van der Waals surface area contributed by atoms with Gasteiger partial charge >= 0.3 is 0 Å². The van der Waals surface area contributed by atoms with E-state index in [0.717, 1.165) is 16.7 Å². The smallest absolute Gasteiger partial charge is 0.0329 e. The van der Waals surface area contributed by atoms with Gasteiger partial charge in [0.25, 0.3) is 0 Å². The zero-order chi connectivity index (χ0) is 9.14. The van der Waals surface area contributed by atoms with Crippen LogP contribution in [0, 0.1) is 19.3 Å². The quantitative estimate of drug-likeness (QED) is 0.476. The van der Waals surface area contributed by atoms with Gasteiger partial charge < -0.3 is 11.5 Å². The fourth-order valence-corrected chi connectivity index (χ4v) is 1.16. The van der Waals surface area contributed by atoms with E-state index in [1.54, 1.807) is 6.07 Å². The molecule has 62 valence electrons. The summed E-state index contributed by atoms with van der Waals surface area (Å²) in [6.07, 6.45) is 5.30. The highest BCUT2D eigenvalue weighted by Crippen LogP contribution is 2.16. The van der Waals surface area contributed by atoms with Crippen molar-refractivity contribution in [3.8, 4) is 12.3 Å². The van der Waals surface area contributed by atoms with E-state index >= 15 is 0 Å². The molecule has 0 aliphatic carbocycles. The minimum atomic E-state index is 0.478. The van der Waals surface area contributed by atoms with Gasteiger partial charge in [0.15, 0.2) is 0 Å². The highest BCUT2D eigenvalue weighted by Gasteiger charge is 2.01. The number of rotatable bonds is 1. The highest BCUT2D eigenvalue weighted by molar-refractivity contribution is 5.54. The second-order valence-electron chi connectivity index (χ2n) is 2.70. The lowest BCUT2D eigenvalue weighted by molar-refractivity contribution is 1.05. The molecule has 0 aliphatic rings. The van der Waals surface area contributed by atoms with E-state index in [0.29, 0.717) is 12.2 Å². The number of anilines is 1. The molecule has 1 aromatic carbocycles. The van der Waals surface area contributed by atoms with Gasteiger partial charge in [0, 0.05) is 17.8 Å². The minimum Gasteiger partial charge on any atom is -0.399 e. The van der Waals surface area contributed by atoms with Gasteiger partial charge in [-0.25, -0.2) is 0 Å². The Morgan fingerprint density at radius 2 is 2.17 bits per heavy atom. The highest BCUT2D eigenvalue weighted by atomic mass is 14.6. The van der Waals surface area contributed by atoms with E-state index in [-0.39, 0.29) is 0 Å². The van der Waals surface area contributed by atoms with Crippen molar-refractivity contribution < 1.29 is 0 Å². The van der Waals surface area contributed by atoms with Crippen LogP contribution in [0.5, 0.6) is 0 Å². The molecule has 1 aromatic rings. The summed E-state index contributed by atoms with van der Waals surface area (Å²) in [5.41, 5.74) is 14.7. The molecule has 0 saturated heterocycles. The fraction of sp³-hybridized carbons (Fsp3) is 0.200. The van der Waals surface area contributed by atoms with Crippen LogP contribution in [0.25, 0.3) is 0 Å². The second kappa shape index (κ2) is 3.29. The van der Waals surface area contributed by atoms with E-state index in [9.17, 15) is 0 Å². The largest absolute Gasteiger partial charge is 0.399 e. The third kappa shape index (κ3) is 1.41. The third-order valence-electron chi connectivity index (χ3n) is 1.91. The van der Waals surface area contributed by atoms with Gasteiger partial charge in [0.2, 0.25) is 0 Å². The molecule has 0 atom stereocenters. The fourth-order valence-electron chi connectivity index (χ4n) is 1.16. The number of hydrogen-bond donors (Lipinski definition) is 2. The maximum atomic E-state index is 5.63. The molecule has 12 heavy (non-hydrogen) atoms. The molecule has 0 radical (unpaired) electrons. The van der Waals surface area contributed by atoms with Gasteiger partial charge in [0.1, 0.15) is 0 Å². The molecule has 0 aliphatic heterocycles. The monoisotopic (exact) mass is 160 g/mol. The lowest BCUT2D eigenvalue weighted by Crippen LogP contribution is -2.02. The summed E-state index contributed by atoms with van der Waals surface area (Å²) in [5, 5.41) is 0. The molecule has 2 heteroatoms. The summed E-state index contributed by atoms with van der Waals surface area (Å²) in [7, 11) is 0. The van der Waals surface area contributed by atoms with Crippen LogP contribution in [0.3, 0.4) is 0 Å². The first-order valence-corrected chi connectivity index (χ1v) is 3.74. The van der Waals surface area contributed by atoms with Crippen molar-refractivity contribution in [2.24, 2.45) is 5.73 Å². The Balaban J connectivity index is 3.34. The van der Waals surface area contributed by atoms with Crippen LogP contribution < -0.4 is 11.5 Å². The minimum absolute atomic E-state index is 0.478. The van der Waals surface area contributed by atoms with Crippen LogP contribution in [0.4, 0.5) is 5.69 Å². The summed E-state index contributed by atoms with van der Waals surface area (Å²) in [6.45, 7) is 2.43. The number of benzene rings is 1. The summed E-state index contributed by atoms with van der Waals surface area (Å²) >= 11 is 0. The third-order valence-corrected chi connectivity index (χ3v) is 1.91. The van der Waals surface area contributed by atoms with Crippen molar-refractivity contribution in [1.82, 2.24) is 0 Å². The van der Waals surface area contributed by atoms with E-state index in [1.807, 2.05) is 13.0 Å². The molecule has 0 fully saturated rings. The first-order chi connectivity index (χ1) is 5.69. The number of terminal acetylenes is 1. The Bertz CT molecular complexity index is 334. The first-order valence-electron chi connectivity index (χ1n) is 3.74. The Hall–Kier alpha value is -1.46. The van der Waals surface area contributed by atoms with Gasteiger partial charge in [-0.2, -0.15) is 0 Å². The zero-order valence-electron chi connectivity index (χ0n) is 7.09. The van der Waals surface area contributed by atoms with Crippen molar-refractivity contribution >= 4 is 5.69 Å². The van der Waals surface area contributed by atoms with Crippen LogP contribution in [0.1, 0.15) is 16.7 Å². The van der Waals surface area contributed by atoms with Gasteiger partial charge in [-0.05, 0) is 30.2 Å². The maximum absolute atomic E-state index is 5.63. The lowest BCUT2D eigenvalue weighted by Gasteiger charge is -2.06. The van der Waals surface area contributed by atoms with Crippen molar-refractivity contribution in [2.75, 3.05) is 5.73 Å².